The summed E-state index contributed by atoms with van der Waals surface area (Å²) >= 11 is 0. The molecule has 0 atom stereocenters. The quantitative estimate of drug-likeness (QED) is 0.417. The summed E-state index contributed by atoms with van der Waals surface area (Å²) in [6.45, 7) is 3.33. The highest BCUT2D eigenvalue weighted by molar-refractivity contribution is 5.78. The van der Waals surface area contributed by atoms with Crippen LogP contribution in [-0.4, -0.2) is 43.0 Å². The van der Waals surface area contributed by atoms with E-state index in [-0.39, 0.29) is 12.8 Å². The number of hydrogen-bond acceptors (Lipinski definition) is 3. The highest BCUT2D eigenvalue weighted by atomic mass is 19.4. The highest BCUT2D eigenvalue weighted by Crippen LogP contribution is 2.57. The SMILES string of the molecule is CCCCCCCCCCN(C)OC.O=C(O)C1(C(F)(F)F)CC1. The Morgan fingerprint density at radius 1 is 1.08 bits per heavy atom. The van der Waals surface area contributed by atoms with Crippen molar-refractivity contribution in [1.29, 1.82) is 0 Å². The molecule has 144 valence electrons. The number of nitrogens with zero attached hydrogens (tertiary/aromatic N) is 1. The van der Waals surface area contributed by atoms with Gasteiger partial charge in [-0.05, 0) is 19.3 Å². The first kappa shape index (κ1) is 23.2. The molecule has 0 saturated heterocycles. The van der Waals surface area contributed by atoms with Crippen LogP contribution in [0.5, 0.6) is 0 Å². The van der Waals surface area contributed by atoms with Crippen LogP contribution in [0.2, 0.25) is 0 Å². The van der Waals surface area contributed by atoms with Crippen LogP contribution in [0.1, 0.15) is 71.1 Å². The number of carboxylic acids is 1. The first-order chi connectivity index (χ1) is 11.2. The van der Waals surface area contributed by atoms with E-state index in [0.717, 1.165) is 6.54 Å². The molecule has 0 aromatic heterocycles. The van der Waals surface area contributed by atoms with Gasteiger partial charge in [-0.15, -0.1) is 0 Å². The van der Waals surface area contributed by atoms with Crippen molar-refractivity contribution in [2.75, 3.05) is 20.7 Å². The Labute approximate surface area is 143 Å². The lowest BCUT2D eigenvalue weighted by Crippen LogP contribution is -2.32. The molecule has 1 aliphatic rings. The smallest absolute Gasteiger partial charge is 0.404 e. The summed E-state index contributed by atoms with van der Waals surface area (Å²) in [7, 11) is 3.71. The lowest BCUT2D eigenvalue weighted by molar-refractivity contribution is -0.202. The second-order valence-corrected chi connectivity index (χ2v) is 6.39. The van der Waals surface area contributed by atoms with Crippen molar-refractivity contribution in [3.8, 4) is 0 Å². The summed E-state index contributed by atoms with van der Waals surface area (Å²) in [6, 6.07) is 0. The molecule has 0 aliphatic heterocycles. The second-order valence-electron chi connectivity index (χ2n) is 6.39. The molecule has 0 amide bonds. The van der Waals surface area contributed by atoms with Crippen LogP contribution >= 0.6 is 0 Å². The van der Waals surface area contributed by atoms with Gasteiger partial charge in [0.25, 0.3) is 0 Å². The molecule has 0 spiro atoms. The number of halogens is 3. The average Bonchev–Trinajstić information content (AvgIpc) is 3.31. The van der Waals surface area contributed by atoms with Gasteiger partial charge in [0.1, 0.15) is 0 Å². The van der Waals surface area contributed by atoms with Gasteiger partial charge in [0.05, 0.1) is 7.11 Å². The number of carboxylic acid groups (broad SMARTS) is 1. The van der Waals surface area contributed by atoms with Crippen LogP contribution in [-0.2, 0) is 9.63 Å². The lowest BCUT2D eigenvalue weighted by atomic mass is 10.1. The first-order valence-electron chi connectivity index (χ1n) is 8.76. The number of aliphatic carboxylic acids is 1. The van der Waals surface area contributed by atoms with Gasteiger partial charge in [-0.3, -0.25) is 4.79 Å². The lowest BCUT2D eigenvalue weighted by Gasteiger charge is -2.12. The van der Waals surface area contributed by atoms with Crippen molar-refractivity contribution in [2.45, 2.75) is 77.3 Å². The first-order valence-corrected chi connectivity index (χ1v) is 8.76. The zero-order chi connectivity index (χ0) is 18.6. The van der Waals surface area contributed by atoms with E-state index in [1.165, 1.54) is 51.4 Å². The van der Waals surface area contributed by atoms with Crippen LogP contribution < -0.4 is 0 Å². The van der Waals surface area contributed by atoms with Gasteiger partial charge in [0.15, 0.2) is 5.41 Å². The maximum absolute atomic E-state index is 11.8. The fraction of sp³-hybridized carbons (Fsp3) is 0.941. The van der Waals surface area contributed by atoms with Gasteiger partial charge in [-0.2, -0.15) is 18.2 Å². The number of unbranched alkanes of at least 4 members (excludes halogenated alkanes) is 7. The Kier molecular flexibility index (Phi) is 11.3. The second kappa shape index (κ2) is 11.7. The number of hydroxylamine groups is 2. The van der Waals surface area contributed by atoms with E-state index >= 15 is 0 Å². The third-order valence-corrected chi connectivity index (χ3v) is 4.34. The van der Waals surface area contributed by atoms with Crippen molar-refractivity contribution in [1.82, 2.24) is 5.06 Å². The summed E-state index contributed by atoms with van der Waals surface area (Å²) < 4.78 is 35.3. The van der Waals surface area contributed by atoms with Crippen molar-refractivity contribution in [2.24, 2.45) is 5.41 Å². The summed E-state index contributed by atoms with van der Waals surface area (Å²) in [4.78, 5) is 15.1. The van der Waals surface area contributed by atoms with Crippen LogP contribution in [0, 0.1) is 5.41 Å². The summed E-state index contributed by atoms with van der Waals surface area (Å²) in [5, 5.41) is 10.0. The molecule has 0 unspecified atom stereocenters. The predicted molar refractivity (Wildman–Crippen MR) is 87.6 cm³/mol. The topological polar surface area (TPSA) is 49.8 Å². The summed E-state index contributed by atoms with van der Waals surface area (Å²) in [5.41, 5.74) is -2.40. The third kappa shape index (κ3) is 8.87. The number of carbonyl (C=O) groups is 1. The monoisotopic (exact) mass is 355 g/mol. The molecule has 0 bridgehead atoms. The van der Waals surface area contributed by atoms with E-state index in [1.807, 2.05) is 12.1 Å². The van der Waals surface area contributed by atoms with Crippen LogP contribution in [0.25, 0.3) is 0 Å². The van der Waals surface area contributed by atoms with Crippen LogP contribution in [0.3, 0.4) is 0 Å². The highest BCUT2D eigenvalue weighted by Gasteiger charge is 2.69. The van der Waals surface area contributed by atoms with E-state index in [2.05, 4.69) is 6.92 Å². The molecule has 1 rings (SSSR count). The maximum Gasteiger partial charge on any atom is 0.404 e. The van der Waals surface area contributed by atoms with Gasteiger partial charge in [0, 0.05) is 13.6 Å². The molecule has 1 fully saturated rings. The van der Waals surface area contributed by atoms with Crippen molar-refractivity contribution >= 4 is 5.97 Å². The molecule has 1 N–H and O–H groups in total. The van der Waals surface area contributed by atoms with Crippen LogP contribution in [0.15, 0.2) is 0 Å². The van der Waals surface area contributed by atoms with Gasteiger partial charge in [-0.1, -0.05) is 51.9 Å². The molecule has 0 radical (unpaired) electrons. The third-order valence-electron chi connectivity index (χ3n) is 4.34. The molecule has 0 heterocycles. The van der Waals surface area contributed by atoms with E-state index < -0.39 is 17.6 Å². The Bertz CT molecular complexity index is 344. The maximum atomic E-state index is 11.8. The minimum absolute atomic E-state index is 0.272. The van der Waals surface area contributed by atoms with E-state index in [4.69, 9.17) is 9.94 Å². The fourth-order valence-electron chi connectivity index (χ4n) is 2.30. The zero-order valence-electron chi connectivity index (χ0n) is 15.1. The molecule has 0 aromatic rings. The number of alkyl halides is 3. The zero-order valence-corrected chi connectivity index (χ0v) is 15.1. The van der Waals surface area contributed by atoms with Gasteiger partial charge in [0.2, 0.25) is 0 Å². The Hall–Kier alpha value is -0.820. The average molecular weight is 355 g/mol. The molecular formula is C17H32F3NO3. The Morgan fingerprint density at radius 3 is 1.83 bits per heavy atom. The summed E-state index contributed by atoms with van der Waals surface area (Å²) in [5.74, 6) is -1.75. The molecule has 4 nitrogen and oxygen atoms in total. The van der Waals surface area contributed by atoms with Gasteiger partial charge >= 0.3 is 12.1 Å². The number of rotatable bonds is 11. The van der Waals surface area contributed by atoms with Crippen LogP contribution in [0.4, 0.5) is 13.2 Å². The Balaban J connectivity index is 0.000000463. The number of hydrogen-bond donors (Lipinski definition) is 1. The molecule has 0 aromatic carbocycles. The summed E-state index contributed by atoms with van der Waals surface area (Å²) in [6.07, 6.45) is 5.90. The molecule has 24 heavy (non-hydrogen) atoms. The van der Waals surface area contributed by atoms with Crippen molar-refractivity contribution in [3.63, 3.8) is 0 Å². The normalized spacial score (nSPS) is 15.8. The standard InChI is InChI=1S/C12H27NO.C5H5F3O2/c1-4-5-6-7-8-9-10-11-12-13(2)14-3;6-5(7,8)4(1-2-4)3(9)10/h4-12H2,1-3H3;1-2H2,(H,9,10). The van der Waals surface area contributed by atoms with E-state index in [9.17, 15) is 18.0 Å². The van der Waals surface area contributed by atoms with Gasteiger partial charge in [-0.25, -0.2) is 0 Å². The predicted octanol–water partition coefficient (Wildman–Crippen LogP) is 5.03. The molecule has 7 heteroatoms. The van der Waals surface area contributed by atoms with Crippen molar-refractivity contribution in [3.05, 3.63) is 0 Å². The fourth-order valence-corrected chi connectivity index (χ4v) is 2.30. The minimum atomic E-state index is -4.57. The van der Waals surface area contributed by atoms with Gasteiger partial charge < -0.3 is 9.94 Å². The van der Waals surface area contributed by atoms with E-state index in [0.29, 0.717) is 0 Å². The van der Waals surface area contributed by atoms with E-state index in [1.54, 1.807) is 7.11 Å². The Morgan fingerprint density at radius 2 is 1.54 bits per heavy atom. The van der Waals surface area contributed by atoms with Crippen molar-refractivity contribution < 1.29 is 27.9 Å². The molecular weight excluding hydrogens is 323 g/mol. The largest absolute Gasteiger partial charge is 0.481 e. The minimum Gasteiger partial charge on any atom is -0.481 e. The molecule has 1 aliphatic carbocycles. The molecule has 1 saturated carbocycles.